The van der Waals surface area contributed by atoms with Crippen LogP contribution in [0.4, 0.5) is 5.69 Å². The molecule has 2 rings (SSSR count). The van der Waals surface area contributed by atoms with Crippen molar-refractivity contribution in [1.29, 1.82) is 0 Å². The van der Waals surface area contributed by atoms with Crippen LogP contribution in [-0.4, -0.2) is 25.1 Å². The molecule has 0 unspecified atom stereocenters. The van der Waals surface area contributed by atoms with Crippen molar-refractivity contribution in [2.24, 2.45) is 0 Å². The van der Waals surface area contributed by atoms with Crippen molar-refractivity contribution >= 4 is 17.6 Å². The fourth-order valence-electron chi connectivity index (χ4n) is 2.13. The van der Waals surface area contributed by atoms with E-state index in [0.717, 1.165) is 16.8 Å². The quantitative estimate of drug-likeness (QED) is 0.792. The second-order valence-electron chi connectivity index (χ2n) is 5.33. The number of hydrogen-bond donors (Lipinski definition) is 1. The molecular weight excluding hydrogens is 306 g/mol. The summed E-state index contributed by atoms with van der Waals surface area (Å²) >= 11 is 0. The van der Waals surface area contributed by atoms with E-state index in [1.165, 1.54) is 0 Å². The summed E-state index contributed by atoms with van der Waals surface area (Å²) in [6.45, 7) is 4.34. The Kier molecular flexibility index (Phi) is 6.51. The van der Waals surface area contributed by atoms with Crippen LogP contribution in [0.5, 0.6) is 0 Å². The van der Waals surface area contributed by atoms with Crippen molar-refractivity contribution in [2.75, 3.05) is 18.5 Å². The molecule has 0 saturated carbocycles. The van der Waals surface area contributed by atoms with Crippen LogP contribution >= 0.6 is 0 Å². The lowest BCUT2D eigenvalue weighted by molar-refractivity contribution is -0.121. The molecule has 0 heterocycles. The van der Waals surface area contributed by atoms with E-state index >= 15 is 0 Å². The zero-order valence-electron chi connectivity index (χ0n) is 13.9. The molecule has 0 radical (unpaired) electrons. The average molecular weight is 327 g/mol. The average Bonchev–Trinajstić information content (AvgIpc) is 2.55. The molecular formula is C19H21NO4. The van der Waals surface area contributed by atoms with E-state index in [1.807, 2.05) is 31.2 Å². The second kappa shape index (κ2) is 8.84. The Morgan fingerprint density at radius 1 is 1.08 bits per heavy atom. The third kappa shape index (κ3) is 5.52. The zero-order valence-corrected chi connectivity index (χ0v) is 13.9. The van der Waals surface area contributed by atoms with E-state index in [9.17, 15) is 9.59 Å². The first-order valence-electron chi connectivity index (χ1n) is 7.79. The molecule has 0 aromatic heterocycles. The molecule has 1 N–H and O–H groups in total. The number of amides is 1. The summed E-state index contributed by atoms with van der Waals surface area (Å²) in [5, 5.41) is 2.78. The Morgan fingerprint density at radius 2 is 1.83 bits per heavy atom. The first-order valence-corrected chi connectivity index (χ1v) is 7.79. The summed E-state index contributed by atoms with van der Waals surface area (Å²) in [5.41, 5.74) is 3.21. The van der Waals surface area contributed by atoms with Gasteiger partial charge in [0.1, 0.15) is 6.61 Å². The largest absolute Gasteiger partial charge is 0.462 e. The number of esters is 1. The summed E-state index contributed by atoms with van der Waals surface area (Å²) in [6.07, 6.45) is 0. The van der Waals surface area contributed by atoms with Crippen LogP contribution < -0.4 is 5.32 Å². The van der Waals surface area contributed by atoms with Crippen LogP contribution in [0.3, 0.4) is 0 Å². The molecule has 126 valence electrons. The van der Waals surface area contributed by atoms with Crippen molar-refractivity contribution in [2.45, 2.75) is 20.5 Å². The Morgan fingerprint density at radius 3 is 2.50 bits per heavy atom. The molecule has 2 aromatic rings. The van der Waals surface area contributed by atoms with Crippen LogP contribution in [0.1, 0.15) is 28.4 Å². The summed E-state index contributed by atoms with van der Waals surface area (Å²) < 4.78 is 10.3. The molecule has 0 aliphatic heterocycles. The highest BCUT2D eigenvalue weighted by molar-refractivity contribution is 5.91. The first-order chi connectivity index (χ1) is 11.6. The van der Waals surface area contributed by atoms with Gasteiger partial charge in [-0.3, -0.25) is 4.79 Å². The molecule has 0 aliphatic rings. The van der Waals surface area contributed by atoms with Crippen LogP contribution in [0.2, 0.25) is 0 Å². The number of carbonyl (C=O) groups is 2. The van der Waals surface area contributed by atoms with Crippen molar-refractivity contribution < 1.29 is 19.1 Å². The standard InChI is InChI=1S/C19H21NO4/c1-3-24-19(22)16-9-7-15(8-10-16)12-23-13-18(21)20-17-6-4-5-14(2)11-17/h4-11H,3,12-13H2,1-2H3,(H,20,21). The van der Waals surface area contributed by atoms with Gasteiger partial charge in [-0.05, 0) is 49.2 Å². The Balaban J connectivity index is 1.77. The van der Waals surface area contributed by atoms with Crippen molar-refractivity contribution in [1.82, 2.24) is 0 Å². The molecule has 0 bridgehead atoms. The van der Waals surface area contributed by atoms with Gasteiger partial charge in [0.25, 0.3) is 0 Å². The molecule has 1 amide bonds. The lowest BCUT2D eigenvalue weighted by Gasteiger charge is -2.07. The SMILES string of the molecule is CCOC(=O)c1ccc(COCC(=O)Nc2cccc(C)c2)cc1. The maximum Gasteiger partial charge on any atom is 0.338 e. The normalized spacial score (nSPS) is 10.2. The number of rotatable bonds is 7. The highest BCUT2D eigenvalue weighted by Gasteiger charge is 2.06. The van der Waals surface area contributed by atoms with E-state index in [0.29, 0.717) is 18.8 Å². The smallest absolute Gasteiger partial charge is 0.338 e. The maximum absolute atomic E-state index is 11.8. The minimum atomic E-state index is -0.345. The predicted octanol–water partition coefficient (Wildman–Crippen LogP) is 3.33. The molecule has 5 heteroatoms. The van der Waals surface area contributed by atoms with Crippen molar-refractivity contribution in [3.05, 3.63) is 65.2 Å². The van der Waals surface area contributed by atoms with Crippen LogP contribution in [-0.2, 0) is 20.9 Å². The maximum atomic E-state index is 11.8. The van der Waals surface area contributed by atoms with E-state index < -0.39 is 0 Å². The number of carbonyl (C=O) groups excluding carboxylic acids is 2. The summed E-state index contributed by atoms with van der Waals surface area (Å²) in [5.74, 6) is -0.550. The van der Waals surface area contributed by atoms with Crippen LogP contribution in [0.25, 0.3) is 0 Å². The van der Waals surface area contributed by atoms with Gasteiger partial charge in [-0.2, -0.15) is 0 Å². The van der Waals surface area contributed by atoms with E-state index in [-0.39, 0.29) is 18.5 Å². The topological polar surface area (TPSA) is 64.6 Å². The monoisotopic (exact) mass is 327 g/mol. The van der Waals surface area contributed by atoms with Gasteiger partial charge >= 0.3 is 5.97 Å². The van der Waals surface area contributed by atoms with E-state index in [2.05, 4.69) is 5.32 Å². The van der Waals surface area contributed by atoms with Gasteiger partial charge in [-0.1, -0.05) is 24.3 Å². The Labute approximate surface area is 141 Å². The predicted molar refractivity (Wildman–Crippen MR) is 91.9 cm³/mol. The zero-order chi connectivity index (χ0) is 17.4. The van der Waals surface area contributed by atoms with Crippen molar-refractivity contribution in [3.8, 4) is 0 Å². The molecule has 0 saturated heterocycles. The fourth-order valence-corrected chi connectivity index (χ4v) is 2.13. The minimum Gasteiger partial charge on any atom is -0.462 e. The molecule has 0 aliphatic carbocycles. The molecule has 24 heavy (non-hydrogen) atoms. The lowest BCUT2D eigenvalue weighted by atomic mass is 10.1. The second-order valence-corrected chi connectivity index (χ2v) is 5.33. The van der Waals surface area contributed by atoms with E-state index in [1.54, 1.807) is 31.2 Å². The summed E-state index contributed by atoms with van der Waals surface area (Å²) in [6, 6.07) is 14.5. The minimum absolute atomic E-state index is 0.0342. The summed E-state index contributed by atoms with van der Waals surface area (Å²) in [7, 11) is 0. The highest BCUT2D eigenvalue weighted by Crippen LogP contribution is 2.10. The first kappa shape index (κ1) is 17.7. The van der Waals surface area contributed by atoms with Gasteiger partial charge in [-0.15, -0.1) is 0 Å². The molecule has 0 spiro atoms. The van der Waals surface area contributed by atoms with Crippen LogP contribution in [0.15, 0.2) is 48.5 Å². The third-order valence-electron chi connectivity index (χ3n) is 3.27. The Hall–Kier alpha value is -2.66. The van der Waals surface area contributed by atoms with Gasteiger partial charge in [0.15, 0.2) is 0 Å². The number of hydrogen-bond acceptors (Lipinski definition) is 4. The Bertz CT molecular complexity index is 695. The lowest BCUT2D eigenvalue weighted by Crippen LogP contribution is -2.18. The van der Waals surface area contributed by atoms with Gasteiger partial charge in [0.05, 0.1) is 18.8 Å². The number of aryl methyl sites for hydroxylation is 1. The van der Waals surface area contributed by atoms with Crippen molar-refractivity contribution in [3.63, 3.8) is 0 Å². The van der Waals surface area contributed by atoms with Crippen LogP contribution in [0, 0.1) is 6.92 Å². The van der Waals surface area contributed by atoms with Gasteiger partial charge in [0.2, 0.25) is 5.91 Å². The number of nitrogens with one attached hydrogen (secondary N) is 1. The fraction of sp³-hybridized carbons (Fsp3) is 0.263. The van der Waals surface area contributed by atoms with Gasteiger partial charge < -0.3 is 14.8 Å². The molecule has 0 fully saturated rings. The number of benzene rings is 2. The van der Waals surface area contributed by atoms with Gasteiger partial charge in [-0.25, -0.2) is 4.79 Å². The number of ether oxygens (including phenoxy) is 2. The number of anilines is 1. The third-order valence-corrected chi connectivity index (χ3v) is 3.27. The highest BCUT2D eigenvalue weighted by atomic mass is 16.5. The van der Waals surface area contributed by atoms with E-state index in [4.69, 9.17) is 9.47 Å². The molecule has 2 aromatic carbocycles. The molecule has 5 nitrogen and oxygen atoms in total. The molecule has 0 atom stereocenters. The summed E-state index contributed by atoms with van der Waals surface area (Å²) in [4.78, 5) is 23.4. The van der Waals surface area contributed by atoms with Gasteiger partial charge in [0, 0.05) is 5.69 Å².